The van der Waals surface area contributed by atoms with E-state index < -0.39 is 0 Å². The molecule has 0 radical (unpaired) electrons. The standard InChI is InChI=1S/C17H24N2O3.ClH/c1-18-11-13-4-2-7-19(12-13)17(20)14-5-6-15-16(10-14)22-9-3-8-21-15;/h5-6,10,13,18H,2-4,7-9,11-12H2,1H3;1H. The molecule has 0 spiro atoms. The van der Waals surface area contributed by atoms with E-state index in [9.17, 15) is 4.79 Å². The summed E-state index contributed by atoms with van der Waals surface area (Å²) in [6.45, 7) is 3.93. The molecule has 2 heterocycles. The van der Waals surface area contributed by atoms with E-state index in [4.69, 9.17) is 9.47 Å². The lowest BCUT2D eigenvalue weighted by molar-refractivity contribution is 0.0674. The van der Waals surface area contributed by atoms with E-state index in [1.165, 1.54) is 6.42 Å². The van der Waals surface area contributed by atoms with E-state index >= 15 is 0 Å². The molecular formula is C17H25ClN2O3. The lowest BCUT2D eigenvalue weighted by atomic mass is 9.97. The van der Waals surface area contributed by atoms with Crippen LogP contribution in [0, 0.1) is 5.92 Å². The van der Waals surface area contributed by atoms with Gasteiger partial charge in [-0.3, -0.25) is 4.79 Å². The Morgan fingerprint density at radius 2 is 2.04 bits per heavy atom. The number of benzene rings is 1. The van der Waals surface area contributed by atoms with Crippen molar-refractivity contribution >= 4 is 18.3 Å². The monoisotopic (exact) mass is 340 g/mol. The molecule has 1 amide bonds. The van der Waals surface area contributed by atoms with Gasteiger partial charge in [0.25, 0.3) is 5.91 Å². The third-order valence-corrected chi connectivity index (χ3v) is 4.29. The molecular weight excluding hydrogens is 316 g/mol. The van der Waals surface area contributed by atoms with Crippen molar-refractivity contribution < 1.29 is 14.3 Å². The smallest absolute Gasteiger partial charge is 0.254 e. The Hall–Kier alpha value is -1.46. The fraction of sp³-hybridized carbons (Fsp3) is 0.588. The maximum absolute atomic E-state index is 12.7. The summed E-state index contributed by atoms with van der Waals surface area (Å²) in [6.07, 6.45) is 3.13. The molecule has 128 valence electrons. The molecule has 5 nitrogen and oxygen atoms in total. The van der Waals surface area contributed by atoms with Gasteiger partial charge in [-0.1, -0.05) is 0 Å². The fourth-order valence-electron chi connectivity index (χ4n) is 3.18. The number of ether oxygens (including phenoxy) is 2. The van der Waals surface area contributed by atoms with E-state index in [-0.39, 0.29) is 18.3 Å². The van der Waals surface area contributed by atoms with Gasteiger partial charge in [-0.05, 0) is 50.6 Å². The second-order valence-electron chi connectivity index (χ2n) is 6.03. The largest absolute Gasteiger partial charge is 0.490 e. The van der Waals surface area contributed by atoms with Gasteiger partial charge in [-0.2, -0.15) is 0 Å². The van der Waals surface area contributed by atoms with Crippen molar-refractivity contribution in [3.63, 3.8) is 0 Å². The van der Waals surface area contributed by atoms with Crippen LogP contribution in [0.1, 0.15) is 29.6 Å². The lowest BCUT2D eigenvalue weighted by Crippen LogP contribution is -2.42. The number of piperidine rings is 1. The third-order valence-electron chi connectivity index (χ3n) is 4.29. The van der Waals surface area contributed by atoms with Crippen LogP contribution in [0.4, 0.5) is 0 Å². The maximum atomic E-state index is 12.7. The molecule has 1 N–H and O–H groups in total. The van der Waals surface area contributed by atoms with Crippen molar-refractivity contribution in [1.29, 1.82) is 0 Å². The molecule has 0 saturated carbocycles. The Kier molecular flexibility index (Phi) is 6.54. The van der Waals surface area contributed by atoms with Gasteiger partial charge in [0.2, 0.25) is 0 Å². The summed E-state index contributed by atoms with van der Waals surface area (Å²) in [6, 6.07) is 5.52. The third kappa shape index (κ3) is 4.30. The van der Waals surface area contributed by atoms with Gasteiger partial charge in [0, 0.05) is 25.1 Å². The van der Waals surface area contributed by atoms with Gasteiger partial charge in [0.1, 0.15) is 0 Å². The first-order valence-corrected chi connectivity index (χ1v) is 8.11. The van der Waals surface area contributed by atoms with Gasteiger partial charge in [-0.25, -0.2) is 0 Å². The highest BCUT2D eigenvalue weighted by Crippen LogP contribution is 2.31. The second kappa shape index (κ2) is 8.41. The summed E-state index contributed by atoms with van der Waals surface area (Å²) in [5.74, 6) is 2.06. The van der Waals surface area contributed by atoms with Crippen molar-refractivity contribution in [1.82, 2.24) is 10.2 Å². The molecule has 1 unspecified atom stereocenters. The minimum Gasteiger partial charge on any atom is -0.490 e. The Morgan fingerprint density at radius 1 is 1.26 bits per heavy atom. The second-order valence-corrected chi connectivity index (χ2v) is 6.03. The van der Waals surface area contributed by atoms with Gasteiger partial charge in [0.15, 0.2) is 11.5 Å². The quantitative estimate of drug-likeness (QED) is 0.917. The Labute approximate surface area is 143 Å². The highest BCUT2D eigenvalue weighted by atomic mass is 35.5. The van der Waals surface area contributed by atoms with Crippen LogP contribution in [0.25, 0.3) is 0 Å². The molecule has 0 aliphatic carbocycles. The minimum absolute atomic E-state index is 0. The predicted octanol–water partition coefficient (Wildman–Crippen LogP) is 2.34. The van der Waals surface area contributed by atoms with Crippen LogP contribution >= 0.6 is 12.4 Å². The summed E-state index contributed by atoms with van der Waals surface area (Å²) in [4.78, 5) is 14.7. The number of rotatable bonds is 3. The van der Waals surface area contributed by atoms with Crippen LogP contribution < -0.4 is 14.8 Å². The molecule has 2 aliphatic heterocycles. The van der Waals surface area contributed by atoms with Crippen LogP contribution in [0.3, 0.4) is 0 Å². The summed E-state index contributed by atoms with van der Waals surface area (Å²) in [5.41, 5.74) is 0.689. The summed E-state index contributed by atoms with van der Waals surface area (Å²) in [5, 5.41) is 3.21. The number of likely N-dealkylation sites (tertiary alicyclic amines) is 1. The molecule has 1 atom stereocenters. The molecule has 1 aromatic carbocycles. The highest BCUT2D eigenvalue weighted by Gasteiger charge is 2.25. The zero-order valence-electron chi connectivity index (χ0n) is 13.5. The van der Waals surface area contributed by atoms with Crippen molar-refractivity contribution in [2.45, 2.75) is 19.3 Å². The van der Waals surface area contributed by atoms with Crippen molar-refractivity contribution in [3.8, 4) is 11.5 Å². The van der Waals surface area contributed by atoms with Crippen LogP contribution in [0.5, 0.6) is 11.5 Å². The van der Waals surface area contributed by atoms with Gasteiger partial charge < -0.3 is 19.7 Å². The van der Waals surface area contributed by atoms with E-state index in [2.05, 4.69) is 5.32 Å². The van der Waals surface area contributed by atoms with Crippen LogP contribution in [0.2, 0.25) is 0 Å². The number of amides is 1. The molecule has 3 rings (SSSR count). The normalized spacial score (nSPS) is 20.4. The van der Waals surface area contributed by atoms with Crippen LogP contribution in [-0.2, 0) is 0 Å². The maximum Gasteiger partial charge on any atom is 0.254 e. The topological polar surface area (TPSA) is 50.8 Å². The number of nitrogens with zero attached hydrogens (tertiary/aromatic N) is 1. The van der Waals surface area contributed by atoms with Crippen molar-refractivity contribution in [2.24, 2.45) is 5.92 Å². The molecule has 1 aromatic rings. The van der Waals surface area contributed by atoms with E-state index in [1.54, 1.807) is 0 Å². The van der Waals surface area contributed by atoms with Crippen molar-refractivity contribution in [2.75, 3.05) is 39.9 Å². The number of hydrogen-bond acceptors (Lipinski definition) is 4. The molecule has 1 saturated heterocycles. The van der Waals surface area contributed by atoms with Gasteiger partial charge in [-0.15, -0.1) is 12.4 Å². The van der Waals surface area contributed by atoms with Crippen LogP contribution in [-0.4, -0.2) is 50.7 Å². The Morgan fingerprint density at radius 3 is 2.83 bits per heavy atom. The number of hydrogen-bond donors (Lipinski definition) is 1. The van der Waals surface area contributed by atoms with Gasteiger partial charge in [0.05, 0.1) is 13.2 Å². The number of carbonyl (C=O) groups is 1. The Balaban J connectivity index is 0.00000192. The lowest BCUT2D eigenvalue weighted by Gasteiger charge is -2.32. The molecule has 0 bridgehead atoms. The number of nitrogens with one attached hydrogen (secondary N) is 1. The summed E-state index contributed by atoms with van der Waals surface area (Å²) >= 11 is 0. The number of halogens is 1. The molecule has 1 fully saturated rings. The van der Waals surface area contributed by atoms with Crippen molar-refractivity contribution in [3.05, 3.63) is 23.8 Å². The first-order valence-electron chi connectivity index (χ1n) is 8.11. The molecule has 0 aromatic heterocycles. The SMILES string of the molecule is CNCC1CCCN(C(=O)c2ccc3c(c2)OCCCO3)C1.Cl. The number of fused-ring (bicyclic) bond motifs is 1. The minimum atomic E-state index is 0. The molecule has 6 heteroatoms. The first kappa shape index (κ1) is 17.9. The Bertz CT molecular complexity index is 537. The molecule has 23 heavy (non-hydrogen) atoms. The molecule has 2 aliphatic rings. The van der Waals surface area contributed by atoms with Crippen LogP contribution in [0.15, 0.2) is 18.2 Å². The fourth-order valence-corrected chi connectivity index (χ4v) is 3.18. The average molecular weight is 341 g/mol. The zero-order valence-corrected chi connectivity index (χ0v) is 14.4. The van der Waals surface area contributed by atoms with E-state index in [0.29, 0.717) is 30.4 Å². The zero-order chi connectivity index (χ0) is 15.4. The van der Waals surface area contributed by atoms with E-state index in [1.807, 2.05) is 30.1 Å². The highest BCUT2D eigenvalue weighted by molar-refractivity contribution is 5.95. The summed E-state index contributed by atoms with van der Waals surface area (Å²) in [7, 11) is 1.96. The summed E-state index contributed by atoms with van der Waals surface area (Å²) < 4.78 is 11.3. The van der Waals surface area contributed by atoms with Gasteiger partial charge >= 0.3 is 0 Å². The number of carbonyl (C=O) groups excluding carboxylic acids is 1. The first-order chi connectivity index (χ1) is 10.8. The predicted molar refractivity (Wildman–Crippen MR) is 91.9 cm³/mol. The van der Waals surface area contributed by atoms with E-state index in [0.717, 1.165) is 38.2 Å². The average Bonchev–Trinajstić information content (AvgIpc) is 2.79.